The fourth-order valence-electron chi connectivity index (χ4n) is 4.38. The Bertz CT molecular complexity index is 1410. The van der Waals surface area contributed by atoms with E-state index >= 15 is 0 Å². The molecule has 5 N–H and O–H groups in total. The third-order valence-electron chi connectivity index (χ3n) is 5.90. The molecule has 0 spiro atoms. The molecule has 0 aliphatic heterocycles. The van der Waals surface area contributed by atoms with Crippen molar-refractivity contribution >= 4 is 32.5 Å². The number of hydrogen-bond donors (Lipinski definition) is 3. The molecule has 4 aromatic rings. The van der Waals surface area contributed by atoms with E-state index in [1.807, 2.05) is 40.9 Å². The number of aromatic amines is 1. The molecule has 0 bridgehead atoms. The first kappa shape index (κ1) is 20.8. The first-order valence-electron chi connectivity index (χ1n) is 10.4. The highest BCUT2D eigenvalue weighted by Crippen LogP contribution is 2.29. The zero-order valence-corrected chi connectivity index (χ0v) is 18.0. The molecule has 2 aromatic heterocycles. The summed E-state index contributed by atoms with van der Waals surface area (Å²) in [6.45, 7) is 0.156. The summed E-state index contributed by atoms with van der Waals surface area (Å²) in [5, 5.41) is 13.3. The monoisotopic (exact) mass is 457 g/mol. The summed E-state index contributed by atoms with van der Waals surface area (Å²) in [4.78, 5) is 4.42. The van der Waals surface area contributed by atoms with Crippen LogP contribution in [0.4, 0.5) is 10.2 Å². The SMILES string of the molecule is NS(=O)(=[OH+])OC[C@@H]1CC[C@H](Nc2ccnc3cc(-c4cc(F)c5ccccc5c4)[nH][n+]23)C1. The Morgan fingerprint density at radius 1 is 1.28 bits per heavy atom. The fraction of sp³-hybridized carbons (Fsp3) is 0.273. The normalized spacial score (nSPS) is 20.6. The van der Waals surface area contributed by atoms with Crippen molar-refractivity contribution < 1.29 is 21.5 Å². The molecule has 8 nitrogen and oxygen atoms in total. The van der Waals surface area contributed by atoms with Crippen LogP contribution in [-0.2, 0) is 14.5 Å². The molecule has 3 atom stereocenters. The minimum absolute atomic E-state index is 0.156. The molecule has 1 aliphatic rings. The Kier molecular flexibility index (Phi) is 5.28. The van der Waals surface area contributed by atoms with Crippen LogP contribution in [0.25, 0.3) is 27.7 Å². The highest BCUT2D eigenvalue weighted by molar-refractivity contribution is 7.84. The van der Waals surface area contributed by atoms with E-state index < -0.39 is 10.3 Å². The molecule has 1 saturated carbocycles. The van der Waals surface area contributed by atoms with Crippen LogP contribution in [0.3, 0.4) is 0 Å². The summed E-state index contributed by atoms with van der Waals surface area (Å²) in [5.74, 6) is 0.724. The quantitative estimate of drug-likeness (QED) is 0.305. The largest absolute Gasteiger partial charge is 0.484 e. The van der Waals surface area contributed by atoms with Crippen molar-refractivity contribution in [1.82, 2.24) is 10.1 Å². The standard InChI is InChI=1S/C22H22FN5O3S/c23-19-11-16(10-15-3-1-2-4-18(15)19)20-12-22-25-8-7-21(28(22)27-20)26-17-6-5-14(9-17)13-31-32(24,29)30/h1-4,7-8,10-12,14,17H,5-6,9,13H2,(H3,24,25,26,27,29,30)/p+2/t14-,17+/m1/s1. The molecular weight excluding hydrogens is 433 g/mol. The number of hydrogen-bond acceptors (Lipinski definition) is 4. The number of nitrogens with two attached hydrogens (primary N) is 1. The molecule has 2 aromatic carbocycles. The number of nitrogens with one attached hydrogen (secondary N) is 2. The van der Waals surface area contributed by atoms with E-state index in [4.69, 9.17) is 13.5 Å². The van der Waals surface area contributed by atoms with Crippen LogP contribution in [0, 0.1) is 11.7 Å². The van der Waals surface area contributed by atoms with E-state index in [0.29, 0.717) is 11.0 Å². The highest BCUT2D eigenvalue weighted by atomic mass is 32.2. The minimum Gasteiger partial charge on any atom is -0.301 e. The van der Waals surface area contributed by atoms with Crippen LogP contribution >= 0.6 is 0 Å². The number of anilines is 1. The van der Waals surface area contributed by atoms with Gasteiger partial charge in [-0.05, 0) is 42.7 Å². The molecule has 0 saturated heterocycles. The molecule has 10 heteroatoms. The van der Waals surface area contributed by atoms with Gasteiger partial charge in [0.2, 0.25) is 5.82 Å². The molecule has 1 fully saturated rings. The van der Waals surface area contributed by atoms with Gasteiger partial charge in [0.05, 0.1) is 18.3 Å². The second kappa shape index (κ2) is 8.12. The molecule has 2 heterocycles. The van der Waals surface area contributed by atoms with E-state index in [1.54, 1.807) is 12.3 Å². The van der Waals surface area contributed by atoms with Crippen molar-refractivity contribution in [3.8, 4) is 11.3 Å². The molecular formula is C22H24FN5O3S+2. The first-order chi connectivity index (χ1) is 15.4. The summed E-state index contributed by atoms with van der Waals surface area (Å²) in [6, 6.07) is 14.8. The van der Waals surface area contributed by atoms with E-state index in [1.165, 1.54) is 6.07 Å². The van der Waals surface area contributed by atoms with E-state index in [-0.39, 0.29) is 24.4 Å². The molecule has 32 heavy (non-hydrogen) atoms. The van der Waals surface area contributed by atoms with E-state index in [0.717, 1.165) is 41.7 Å². The fourth-order valence-corrected chi connectivity index (χ4v) is 4.77. The Morgan fingerprint density at radius 2 is 2.12 bits per heavy atom. The molecule has 1 aliphatic carbocycles. The molecule has 5 rings (SSSR count). The zero-order chi connectivity index (χ0) is 22.3. The van der Waals surface area contributed by atoms with Gasteiger partial charge < -0.3 is 5.32 Å². The Morgan fingerprint density at radius 3 is 2.97 bits per heavy atom. The lowest BCUT2D eigenvalue weighted by Gasteiger charge is -2.10. The lowest BCUT2D eigenvalue weighted by molar-refractivity contribution is -0.563. The van der Waals surface area contributed by atoms with Crippen LogP contribution in [0.5, 0.6) is 0 Å². The van der Waals surface area contributed by atoms with Gasteiger partial charge in [-0.1, -0.05) is 24.3 Å². The third-order valence-corrected chi connectivity index (χ3v) is 6.38. The molecule has 1 unspecified atom stereocenters. The van der Waals surface area contributed by atoms with Gasteiger partial charge in [0.1, 0.15) is 12.0 Å². The highest BCUT2D eigenvalue weighted by Gasteiger charge is 2.29. The lowest BCUT2D eigenvalue weighted by Crippen LogP contribution is -2.32. The Balaban J connectivity index is 1.39. The van der Waals surface area contributed by atoms with Gasteiger partial charge in [0.15, 0.2) is 0 Å². The Hall–Kier alpha value is -3.08. The van der Waals surface area contributed by atoms with Gasteiger partial charge in [-0.2, -0.15) is 9.35 Å². The predicted octanol–water partition coefficient (Wildman–Crippen LogP) is 3.07. The summed E-state index contributed by atoms with van der Waals surface area (Å²) < 4.78 is 41.5. The van der Waals surface area contributed by atoms with Crippen LogP contribution in [0.2, 0.25) is 0 Å². The first-order valence-corrected chi connectivity index (χ1v) is 11.9. The van der Waals surface area contributed by atoms with Crippen molar-refractivity contribution in [1.29, 1.82) is 0 Å². The third kappa shape index (κ3) is 4.29. The molecule has 166 valence electrons. The Labute approximate surface area is 184 Å². The van der Waals surface area contributed by atoms with Crippen molar-refractivity contribution in [3.05, 3.63) is 60.5 Å². The molecule has 0 radical (unpaired) electrons. The minimum atomic E-state index is -3.67. The zero-order valence-electron chi connectivity index (χ0n) is 17.2. The van der Waals surface area contributed by atoms with Crippen molar-refractivity contribution in [2.45, 2.75) is 25.3 Å². The van der Waals surface area contributed by atoms with Crippen molar-refractivity contribution in [2.75, 3.05) is 11.9 Å². The number of halogens is 1. The van der Waals surface area contributed by atoms with Gasteiger partial charge in [0.25, 0.3) is 5.65 Å². The number of benzene rings is 2. The second-order valence-corrected chi connectivity index (χ2v) is 9.46. The number of nitrogens with zero attached hydrogens (tertiary/aromatic N) is 2. The maximum Gasteiger partial charge on any atom is 0.484 e. The topological polar surface area (TPSA) is 119 Å². The van der Waals surface area contributed by atoms with Gasteiger partial charge in [0, 0.05) is 23.1 Å². The maximum absolute atomic E-state index is 14.6. The van der Waals surface area contributed by atoms with Crippen LogP contribution < -0.4 is 15.0 Å². The predicted molar refractivity (Wildman–Crippen MR) is 120 cm³/mol. The van der Waals surface area contributed by atoms with E-state index in [9.17, 15) is 8.60 Å². The van der Waals surface area contributed by atoms with Gasteiger partial charge in [-0.3, -0.25) is 0 Å². The van der Waals surface area contributed by atoms with Gasteiger partial charge in [-0.25, -0.2) is 13.7 Å². The second-order valence-electron chi connectivity index (χ2n) is 8.19. The average molecular weight is 458 g/mol. The maximum atomic E-state index is 14.6. The molecule has 0 amide bonds. The number of H-pyrrole nitrogens is 1. The summed E-state index contributed by atoms with van der Waals surface area (Å²) >= 11 is 0. The van der Waals surface area contributed by atoms with E-state index in [2.05, 4.69) is 15.4 Å². The van der Waals surface area contributed by atoms with Crippen molar-refractivity contribution in [2.24, 2.45) is 11.1 Å². The number of aromatic nitrogens is 3. The summed E-state index contributed by atoms with van der Waals surface area (Å²) in [5.41, 5.74) is 2.21. The van der Waals surface area contributed by atoms with Gasteiger partial charge in [-0.15, -0.1) is 13.7 Å². The van der Waals surface area contributed by atoms with Crippen molar-refractivity contribution in [3.63, 3.8) is 0 Å². The summed E-state index contributed by atoms with van der Waals surface area (Å²) in [6.07, 6.45) is 4.29. The number of rotatable bonds is 6. The van der Waals surface area contributed by atoms with Crippen LogP contribution in [-0.4, -0.2) is 31.1 Å². The lowest BCUT2D eigenvalue weighted by atomic mass is 10.0. The van der Waals surface area contributed by atoms with Crippen LogP contribution in [0.1, 0.15) is 19.3 Å². The van der Waals surface area contributed by atoms with Gasteiger partial charge >= 0.3 is 10.3 Å². The average Bonchev–Trinajstić information content (AvgIpc) is 3.39. The smallest absolute Gasteiger partial charge is 0.301 e. The number of fused-ring (bicyclic) bond motifs is 2. The summed E-state index contributed by atoms with van der Waals surface area (Å²) in [7, 11) is -3.67. The van der Waals surface area contributed by atoms with Crippen LogP contribution in [0.15, 0.2) is 54.7 Å².